The summed E-state index contributed by atoms with van der Waals surface area (Å²) in [7, 11) is -0.912. The van der Waals surface area contributed by atoms with E-state index in [1.165, 1.54) is 32.6 Å². The van der Waals surface area contributed by atoms with Crippen molar-refractivity contribution < 1.29 is 22.7 Å². The molecule has 0 aliphatic carbocycles. The number of rotatable bonds is 9. The number of ether oxygens (including phenoxy) is 2. The van der Waals surface area contributed by atoms with Gasteiger partial charge in [-0.1, -0.05) is 35.9 Å². The molecule has 1 N–H and O–H groups in total. The lowest BCUT2D eigenvalue weighted by atomic mass is 10.2. The van der Waals surface area contributed by atoms with Gasteiger partial charge in [-0.15, -0.1) is 0 Å². The number of amides is 1. The quantitative estimate of drug-likeness (QED) is 0.384. The van der Waals surface area contributed by atoms with E-state index < -0.39 is 22.5 Å². The van der Waals surface area contributed by atoms with Crippen LogP contribution in [0.2, 0.25) is 0 Å². The predicted octanol–water partition coefficient (Wildman–Crippen LogP) is 3.36. The zero-order valence-electron chi connectivity index (χ0n) is 18.6. The van der Waals surface area contributed by atoms with Gasteiger partial charge in [0.05, 0.1) is 31.0 Å². The lowest BCUT2D eigenvalue weighted by molar-refractivity contribution is -0.119. The number of methoxy groups -OCH3 is 2. The van der Waals surface area contributed by atoms with E-state index in [9.17, 15) is 13.2 Å². The molecule has 172 valence electrons. The molecule has 1 amide bonds. The molecule has 0 saturated carbocycles. The highest BCUT2D eigenvalue weighted by molar-refractivity contribution is 7.92. The number of nitrogens with zero attached hydrogens (tertiary/aromatic N) is 2. The monoisotopic (exact) mass is 467 g/mol. The second-order valence-corrected chi connectivity index (χ2v) is 8.93. The molecular formula is C24H25N3O5S. The van der Waals surface area contributed by atoms with Gasteiger partial charge in [-0.25, -0.2) is 13.8 Å². The summed E-state index contributed by atoms with van der Waals surface area (Å²) in [6.45, 7) is 1.43. The molecule has 0 aliphatic rings. The first-order chi connectivity index (χ1) is 15.8. The number of para-hydroxylation sites is 1. The van der Waals surface area contributed by atoms with Gasteiger partial charge in [0.2, 0.25) is 0 Å². The third kappa shape index (κ3) is 5.89. The van der Waals surface area contributed by atoms with Gasteiger partial charge >= 0.3 is 0 Å². The Morgan fingerprint density at radius 2 is 1.64 bits per heavy atom. The highest BCUT2D eigenvalue weighted by atomic mass is 32.2. The van der Waals surface area contributed by atoms with Crippen molar-refractivity contribution in [2.75, 3.05) is 25.1 Å². The Bertz CT molecular complexity index is 1230. The fraction of sp³-hybridized carbons (Fsp3) is 0.167. The zero-order valence-corrected chi connectivity index (χ0v) is 19.4. The normalized spacial score (nSPS) is 11.2. The lowest BCUT2D eigenvalue weighted by Gasteiger charge is -2.23. The van der Waals surface area contributed by atoms with Gasteiger partial charge in [-0.3, -0.25) is 9.10 Å². The van der Waals surface area contributed by atoms with Gasteiger partial charge in [-0.05, 0) is 55.0 Å². The number of carbonyl (C=O) groups excluding carboxylic acids is 1. The van der Waals surface area contributed by atoms with Gasteiger partial charge in [0.25, 0.3) is 15.9 Å². The molecule has 0 unspecified atom stereocenters. The van der Waals surface area contributed by atoms with Crippen LogP contribution in [-0.4, -0.2) is 41.3 Å². The summed E-state index contributed by atoms with van der Waals surface area (Å²) in [6, 6.07) is 20.1. The van der Waals surface area contributed by atoms with E-state index in [4.69, 9.17) is 9.47 Å². The first kappa shape index (κ1) is 23.8. The van der Waals surface area contributed by atoms with Crippen LogP contribution in [0, 0.1) is 6.92 Å². The third-order valence-corrected chi connectivity index (χ3v) is 6.54. The Morgan fingerprint density at radius 1 is 0.970 bits per heavy atom. The Hall–Kier alpha value is -3.85. The molecule has 0 aromatic heterocycles. The number of hydrogen-bond donors (Lipinski definition) is 1. The van der Waals surface area contributed by atoms with Crippen molar-refractivity contribution in [3.8, 4) is 11.5 Å². The van der Waals surface area contributed by atoms with E-state index in [-0.39, 0.29) is 4.90 Å². The fourth-order valence-electron chi connectivity index (χ4n) is 3.02. The lowest BCUT2D eigenvalue weighted by Crippen LogP contribution is -2.39. The van der Waals surface area contributed by atoms with Gasteiger partial charge < -0.3 is 9.47 Å². The van der Waals surface area contributed by atoms with Crippen LogP contribution in [0.25, 0.3) is 0 Å². The van der Waals surface area contributed by atoms with Crippen LogP contribution < -0.4 is 19.2 Å². The minimum atomic E-state index is -3.97. The van der Waals surface area contributed by atoms with Crippen LogP contribution in [0.15, 0.2) is 82.8 Å². The molecule has 33 heavy (non-hydrogen) atoms. The van der Waals surface area contributed by atoms with E-state index in [0.717, 1.165) is 9.87 Å². The topological polar surface area (TPSA) is 97.3 Å². The molecule has 0 bridgehead atoms. The maximum atomic E-state index is 13.3. The number of carbonyl (C=O) groups is 1. The number of hydrazone groups is 1. The number of sulfonamides is 1. The first-order valence-corrected chi connectivity index (χ1v) is 11.5. The van der Waals surface area contributed by atoms with Gasteiger partial charge in [-0.2, -0.15) is 5.10 Å². The van der Waals surface area contributed by atoms with Gasteiger partial charge in [0, 0.05) is 0 Å². The van der Waals surface area contributed by atoms with Crippen molar-refractivity contribution in [1.82, 2.24) is 5.43 Å². The van der Waals surface area contributed by atoms with E-state index in [2.05, 4.69) is 10.5 Å². The molecule has 0 saturated heterocycles. The Morgan fingerprint density at radius 3 is 2.27 bits per heavy atom. The predicted molar refractivity (Wildman–Crippen MR) is 127 cm³/mol. The first-order valence-electron chi connectivity index (χ1n) is 10.0. The van der Waals surface area contributed by atoms with Crippen molar-refractivity contribution in [2.45, 2.75) is 11.8 Å². The average molecular weight is 468 g/mol. The van der Waals surface area contributed by atoms with Gasteiger partial charge in [0.1, 0.15) is 6.54 Å². The summed E-state index contributed by atoms with van der Waals surface area (Å²) in [5.41, 5.74) is 4.35. The summed E-state index contributed by atoms with van der Waals surface area (Å²) in [4.78, 5) is 12.7. The minimum absolute atomic E-state index is 0.0959. The largest absolute Gasteiger partial charge is 0.493 e. The molecule has 9 heteroatoms. The second-order valence-electron chi connectivity index (χ2n) is 7.07. The number of aryl methyl sites for hydroxylation is 1. The molecule has 8 nitrogen and oxygen atoms in total. The number of nitrogens with one attached hydrogen (secondary N) is 1. The van der Waals surface area contributed by atoms with Crippen molar-refractivity contribution >= 4 is 27.8 Å². The number of benzene rings is 3. The summed E-state index contributed by atoms with van der Waals surface area (Å²) in [5.74, 6) is 0.497. The average Bonchev–Trinajstić information content (AvgIpc) is 2.83. The maximum absolute atomic E-state index is 13.3. The molecule has 0 heterocycles. The van der Waals surface area contributed by atoms with Crippen molar-refractivity contribution in [3.05, 3.63) is 83.9 Å². The molecular weight excluding hydrogens is 442 g/mol. The Kier molecular flexibility index (Phi) is 7.68. The Labute approximate surface area is 193 Å². The van der Waals surface area contributed by atoms with Crippen LogP contribution in [0.3, 0.4) is 0 Å². The molecule has 0 fully saturated rings. The highest BCUT2D eigenvalue weighted by Crippen LogP contribution is 2.27. The van der Waals surface area contributed by atoms with Crippen molar-refractivity contribution in [1.29, 1.82) is 0 Å². The molecule has 3 aromatic rings. The van der Waals surface area contributed by atoms with Crippen LogP contribution in [0.1, 0.15) is 11.1 Å². The summed E-state index contributed by atoms with van der Waals surface area (Å²) >= 11 is 0. The number of hydrogen-bond acceptors (Lipinski definition) is 6. The summed E-state index contributed by atoms with van der Waals surface area (Å²) in [5, 5.41) is 3.94. The zero-order chi connectivity index (χ0) is 23.8. The van der Waals surface area contributed by atoms with Crippen molar-refractivity contribution in [3.63, 3.8) is 0 Å². The van der Waals surface area contributed by atoms with Gasteiger partial charge in [0.15, 0.2) is 11.5 Å². The van der Waals surface area contributed by atoms with Crippen LogP contribution >= 0.6 is 0 Å². The van der Waals surface area contributed by atoms with E-state index in [0.29, 0.717) is 22.7 Å². The smallest absolute Gasteiger partial charge is 0.264 e. The minimum Gasteiger partial charge on any atom is -0.493 e. The van der Waals surface area contributed by atoms with E-state index >= 15 is 0 Å². The van der Waals surface area contributed by atoms with Crippen LogP contribution in [0.5, 0.6) is 11.5 Å². The summed E-state index contributed by atoms with van der Waals surface area (Å²) in [6.07, 6.45) is 1.43. The second kappa shape index (κ2) is 10.6. The highest BCUT2D eigenvalue weighted by Gasteiger charge is 2.27. The molecule has 0 atom stereocenters. The van der Waals surface area contributed by atoms with Crippen LogP contribution in [-0.2, 0) is 14.8 Å². The standard InChI is InChI=1S/C24H25N3O5S/c1-18-9-12-21(13-10-18)33(29,30)27(20-7-5-4-6-8-20)17-24(28)26-25-16-19-11-14-22(31-2)23(15-19)32-3/h4-16H,17H2,1-3H3,(H,26,28)/b25-16-. The SMILES string of the molecule is COc1ccc(/C=N\NC(=O)CN(c2ccccc2)S(=O)(=O)c2ccc(C)cc2)cc1OC. The fourth-order valence-corrected chi connectivity index (χ4v) is 4.45. The molecule has 0 radical (unpaired) electrons. The molecule has 0 spiro atoms. The van der Waals surface area contributed by atoms with Crippen LogP contribution in [0.4, 0.5) is 5.69 Å². The molecule has 0 aliphatic heterocycles. The Balaban J connectivity index is 1.78. The summed E-state index contributed by atoms with van der Waals surface area (Å²) < 4.78 is 38.1. The van der Waals surface area contributed by atoms with E-state index in [1.54, 1.807) is 60.7 Å². The molecule has 3 aromatic carbocycles. The molecule has 3 rings (SSSR count). The van der Waals surface area contributed by atoms with Crippen molar-refractivity contribution in [2.24, 2.45) is 5.10 Å². The maximum Gasteiger partial charge on any atom is 0.264 e. The van der Waals surface area contributed by atoms with E-state index in [1.807, 2.05) is 6.92 Å². The number of anilines is 1. The third-order valence-electron chi connectivity index (χ3n) is 4.75.